The number of hydrogen-bond donors (Lipinski definition) is 7. The Morgan fingerprint density at radius 1 is 1.13 bits per heavy atom. The number of aryl methyl sites for hydroxylation is 1. The molecule has 1 aromatic rings. The second kappa shape index (κ2) is 20.4. The number of carboxylic acids is 1. The summed E-state index contributed by atoms with van der Waals surface area (Å²) < 4.78 is 0. The molecule has 0 unspecified atom stereocenters. The minimum absolute atomic E-state index is 0. The minimum Gasteiger partial charge on any atom is -0.480 e. The van der Waals surface area contributed by atoms with Gasteiger partial charge in [0, 0.05) is 19.6 Å². The monoisotopic (exact) mass is 463 g/mol. The van der Waals surface area contributed by atoms with Crippen molar-refractivity contribution in [1.82, 2.24) is 16.0 Å². The Bertz CT molecular complexity index is 648. The van der Waals surface area contributed by atoms with Gasteiger partial charge in [0.15, 0.2) is 5.96 Å². The lowest BCUT2D eigenvalue weighted by atomic mass is 10.1. The number of aliphatic hydroxyl groups is 1. The van der Waals surface area contributed by atoms with Crippen LogP contribution in [0.3, 0.4) is 0 Å². The van der Waals surface area contributed by atoms with Crippen LogP contribution in [0.4, 0.5) is 0 Å². The zero-order valence-electron chi connectivity index (χ0n) is 17.5. The number of amides is 2. The molecule has 0 fully saturated rings. The molecular formula is C19H34ClN5O6. The maximum absolute atomic E-state index is 11.8. The van der Waals surface area contributed by atoms with Gasteiger partial charge >= 0.3 is 5.97 Å². The van der Waals surface area contributed by atoms with E-state index >= 15 is 0 Å². The largest absolute Gasteiger partial charge is 0.480 e. The highest BCUT2D eigenvalue weighted by molar-refractivity contribution is 5.87. The molecule has 0 spiro atoms. The summed E-state index contributed by atoms with van der Waals surface area (Å²) in [5.74, 6) is -2.19. The van der Waals surface area contributed by atoms with E-state index in [0.29, 0.717) is 19.4 Å². The number of aliphatic hydroxyl groups excluding tert-OH is 1. The summed E-state index contributed by atoms with van der Waals surface area (Å²) in [6.07, 6.45) is 1.41. The van der Waals surface area contributed by atoms with Crippen LogP contribution < -0.4 is 21.7 Å². The molecule has 11 nitrogen and oxygen atoms in total. The maximum Gasteiger partial charge on any atom is 0.326 e. The summed E-state index contributed by atoms with van der Waals surface area (Å²) >= 11 is 0. The lowest BCUT2D eigenvalue weighted by Crippen LogP contribution is -2.45. The highest BCUT2D eigenvalue weighted by Crippen LogP contribution is 2.02. The SMILES string of the molecule is CCO.Cl.N=C(N)NCCC[C@H](NC(=O)CNC(=O)CCc1ccccc1)C(=O)O.O. The van der Waals surface area contributed by atoms with Crippen LogP contribution in [0, 0.1) is 5.41 Å². The summed E-state index contributed by atoms with van der Waals surface area (Å²) in [5, 5.41) is 31.1. The fourth-order valence-electron chi connectivity index (χ4n) is 2.20. The number of aliphatic carboxylic acids is 1. The molecule has 0 saturated carbocycles. The van der Waals surface area contributed by atoms with Crippen molar-refractivity contribution in [1.29, 1.82) is 5.41 Å². The molecule has 178 valence electrons. The number of benzene rings is 1. The van der Waals surface area contributed by atoms with Crippen molar-refractivity contribution in [2.75, 3.05) is 19.7 Å². The van der Waals surface area contributed by atoms with E-state index in [1.54, 1.807) is 6.92 Å². The molecule has 31 heavy (non-hydrogen) atoms. The van der Waals surface area contributed by atoms with Gasteiger partial charge in [0.1, 0.15) is 6.04 Å². The van der Waals surface area contributed by atoms with Crippen molar-refractivity contribution in [2.45, 2.75) is 38.6 Å². The first kappa shape index (κ1) is 32.8. The Balaban J connectivity index is -0.00000148. The van der Waals surface area contributed by atoms with Crippen LogP contribution in [0.5, 0.6) is 0 Å². The van der Waals surface area contributed by atoms with E-state index in [-0.39, 0.29) is 55.7 Å². The molecule has 0 heterocycles. The van der Waals surface area contributed by atoms with Gasteiger partial charge in [-0.05, 0) is 31.7 Å². The van der Waals surface area contributed by atoms with E-state index in [2.05, 4.69) is 16.0 Å². The van der Waals surface area contributed by atoms with E-state index in [0.717, 1.165) is 5.56 Å². The number of nitrogens with two attached hydrogens (primary N) is 1. The maximum atomic E-state index is 11.8. The molecule has 0 aromatic heterocycles. The average Bonchev–Trinajstić information content (AvgIpc) is 2.68. The molecule has 0 radical (unpaired) electrons. The minimum atomic E-state index is -1.16. The first-order valence-electron chi connectivity index (χ1n) is 9.31. The summed E-state index contributed by atoms with van der Waals surface area (Å²) in [6, 6.07) is 8.44. The number of guanidine groups is 1. The standard InChI is InChI=1S/C17H25N5O4.C2H6O.ClH.H2O/c18-17(19)20-10-4-7-13(16(25)26)22-15(24)11-21-14(23)9-8-12-5-2-1-3-6-12;1-2-3;;/h1-3,5-6,13H,4,7-11H2,(H,21,23)(H,22,24)(H,25,26)(H4,18,19,20);3H,2H2,1H3;1H;1H2/t13-;;;/m0.../s1. The van der Waals surface area contributed by atoms with Crippen LogP contribution in [0.15, 0.2) is 30.3 Å². The fraction of sp³-hybridized carbons (Fsp3) is 0.474. The van der Waals surface area contributed by atoms with Crippen molar-refractivity contribution < 1.29 is 30.1 Å². The number of carboxylic acid groups (broad SMARTS) is 1. The molecule has 1 rings (SSSR count). The van der Waals surface area contributed by atoms with E-state index < -0.39 is 17.9 Å². The number of hydrogen-bond acceptors (Lipinski definition) is 5. The first-order valence-corrected chi connectivity index (χ1v) is 9.31. The number of halogens is 1. The van der Waals surface area contributed by atoms with Crippen LogP contribution in [0.2, 0.25) is 0 Å². The van der Waals surface area contributed by atoms with Gasteiger partial charge in [-0.25, -0.2) is 4.79 Å². The van der Waals surface area contributed by atoms with Gasteiger partial charge in [0.25, 0.3) is 0 Å². The lowest BCUT2D eigenvalue weighted by molar-refractivity contribution is -0.141. The van der Waals surface area contributed by atoms with Gasteiger partial charge in [-0.1, -0.05) is 30.3 Å². The Morgan fingerprint density at radius 3 is 2.23 bits per heavy atom. The quantitative estimate of drug-likeness (QED) is 0.125. The fourth-order valence-corrected chi connectivity index (χ4v) is 2.20. The summed E-state index contributed by atoms with van der Waals surface area (Å²) in [7, 11) is 0. The third kappa shape index (κ3) is 18.9. The normalized spacial score (nSPS) is 10.0. The van der Waals surface area contributed by atoms with Crippen LogP contribution >= 0.6 is 12.4 Å². The van der Waals surface area contributed by atoms with Gasteiger partial charge < -0.3 is 37.4 Å². The van der Waals surface area contributed by atoms with Crippen LogP contribution in [0.25, 0.3) is 0 Å². The van der Waals surface area contributed by atoms with Crippen LogP contribution in [-0.2, 0) is 20.8 Å². The van der Waals surface area contributed by atoms with E-state index in [1.165, 1.54) is 0 Å². The third-order valence-corrected chi connectivity index (χ3v) is 3.55. The average molecular weight is 464 g/mol. The van der Waals surface area contributed by atoms with Crippen molar-refractivity contribution in [2.24, 2.45) is 5.73 Å². The molecule has 0 bridgehead atoms. The van der Waals surface area contributed by atoms with Crippen molar-refractivity contribution in [3.8, 4) is 0 Å². The molecule has 1 aromatic carbocycles. The summed E-state index contributed by atoms with van der Waals surface area (Å²) in [6.45, 7) is 1.99. The smallest absolute Gasteiger partial charge is 0.326 e. The molecular weight excluding hydrogens is 430 g/mol. The van der Waals surface area contributed by atoms with E-state index in [4.69, 9.17) is 21.4 Å². The molecule has 10 N–H and O–H groups in total. The summed E-state index contributed by atoms with van der Waals surface area (Å²) in [4.78, 5) is 34.8. The Morgan fingerprint density at radius 2 is 1.71 bits per heavy atom. The molecule has 2 amide bonds. The van der Waals surface area contributed by atoms with Gasteiger partial charge in [-0.15, -0.1) is 12.4 Å². The van der Waals surface area contributed by atoms with Crippen LogP contribution in [-0.4, -0.2) is 65.2 Å². The topological polar surface area (TPSA) is 209 Å². The second-order valence-electron chi connectivity index (χ2n) is 6.02. The predicted molar refractivity (Wildman–Crippen MR) is 120 cm³/mol. The van der Waals surface area contributed by atoms with Gasteiger partial charge in [0.05, 0.1) is 6.54 Å². The molecule has 0 aliphatic carbocycles. The molecule has 1 atom stereocenters. The van der Waals surface area contributed by atoms with Crippen molar-refractivity contribution in [3.63, 3.8) is 0 Å². The second-order valence-corrected chi connectivity index (χ2v) is 6.02. The third-order valence-electron chi connectivity index (χ3n) is 3.55. The number of carbonyl (C=O) groups is 3. The Hall–Kier alpha value is -2.89. The number of rotatable bonds is 11. The lowest BCUT2D eigenvalue weighted by Gasteiger charge is -2.15. The van der Waals surface area contributed by atoms with Crippen molar-refractivity contribution in [3.05, 3.63) is 35.9 Å². The van der Waals surface area contributed by atoms with Crippen LogP contribution in [0.1, 0.15) is 31.7 Å². The summed E-state index contributed by atoms with van der Waals surface area (Å²) in [5.41, 5.74) is 6.15. The zero-order chi connectivity index (χ0) is 22.1. The van der Waals surface area contributed by atoms with Gasteiger partial charge in [0.2, 0.25) is 11.8 Å². The van der Waals surface area contributed by atoms with E-state index in [9.17, 15) is 14.4 Å². The zero-order valence-corrected chi connectivity index (χ0v) is 18.3. The van der Waals surface area contributed by atoms with E-state index in [1.807, 2.05) is 30.3 Å². The highest BCUT2D eigenvalue weighted by Gasteiger charge is 2.19. The molecule has 0 aliphatic rings. The van der Waals surface area contributed by atoms with Gasteiger partial charge in [-0.2, -0.15) is 0 Å². The molecule has 0 saturated heterocycles. The number of carbonyl (C=O) groups excluding carboxylic acids is 2. The van der Waals surface area contributed by atoms with Gasteiger partial charge in [-0.3, -0.25) is 15.0 Å². The highest BCUT2D eigenvalue weighted by atomic mass is 35.5. The number of nitrogens with one attached hydrogen (secondary N) is 4. The molecule has 12 heteroatoms. The Labute approximate surface area is 188 Å². The Kier molecular flexibility index (Phi) is 21.5. The van der Waals surface area contributed by atoms with Crippen molar-refractivity contribution >= 4 is 36.2 Å². The predicted octanol–water partition coefficient (Wildman–Crippen LogP) is -0.836. The molecule has 0 aliphatic heterocycles. The first-order chi connectivity index (χ1) is 13.8.